The van der Waals surface area contributed by atoms with E-state index in [-0.39, 0.29) is 35.4 Å². The van der Waals surface area contributed by atoms with Crippen LogP contribution in [0.4, 0.5) is 5.95 Å². The van der Waals surface area contributed by atoms with Gasteiger partial charge in [-0.3, -0.25) is 14.4 Å². The van der Waals surface area contributed by atoms with Crippen molar-refractivity contribution in [3.05, 3.63) is 77.9 Å². The van der Waals surface area contributed by atoms with Crippen LogP contribution >= 0.6 is 0 Å². The zero-order valence-electron chi connectivity index (χ0n) is 22.7. The topological polar surface area (TPSA) is 176 Å². The number of anilines is 1. The summed E-state index contributed by atoms with van der Waals surface area (Å²) in [4.78, 5) is 57.5. The fourth-order valence-corrected chi connectivity index (χ4v) is 6.22. The molecule has 2 saturated heterocycles. The third kappa shape index (κ3) is 5.32. The van der Waals surface area contributed by atoms with Gasteiger partial charge in [-0.25, -0.2) is 9.97 Å². The van der Waals surface area contributed by atoms with E-state index in [1.54, 1.807) is 11.1 Å². The SMILES string of the molecule is Nc1ncc(CC[C@H](NC(=O)[C@@H]2CCC3CC[C@@](N)(Cc4ccccc4)C(=O)N32)C(=O)c2nc3ccccc3[nH]2)[nH]1. The molecule has 2 aliphatic rings. The Kier molecular flexibility index (Phi) is 7.04. The lowest BCUT2D eigenvalue weighted by Gasteiger charge is -2.43. The molecule has 11 nitrogen and oxygen atoms in total. The van der Waals surface area contributed by atoms with E-state index in [2.05, 4.69) is 25.3 Å². The monoisotopic (exact) mass is 554 g/mol. The number of fused-ring (bicyclic) bond motifs is 2. The maximum atomic E-state index is 13.8. The zero-order valence-corrected chi connectivity index (χ0v) is 22.7. The number of benzene rings is 2. The number of hydrogen-bond acceptors (Lipinski definition) is 7. The van der Waals surface area contributed by atoms with Crippen LogP contribution in [0.1, 0.15) is 54.0 Å². The van der Waals surface area contributed by atoms with E-state index in [1.807, 2.05) is 54.6 Å². The van der Waals surface area contributed by atoms with E-state index in [1.165, 1.54) is 0 Å². The molecule has 4 aromatic rings. The second-order valence-corrected chi connectivity index (χ2v) is 11.2. The number of nitrogens with one attached hydrogen (secondary N) is 3. The Morgan fingerprint density at radius 1 is 1.07 bits per heavy atom. The summed E-state index contributed by atoms with van der Waals surface area (Å²) < 4.78 is 0. The average Bonchev–Trinajstić information content (AvgIpc) is 3.71. The van der Waals surface area contributed by atoms with E-state index in [0.29, 0.717) is 37.6 Å². The predicted octanol–water partition coefficient (Wildman–Crippen LogP) is 2.26. The normalized spacial score (nSPS) is 23.0. The number of nitrogens with two attached hydrogens (primary N) is 2. The lowest BCUT2D eigenvalue weighted by Crippen LogP contribution is -2.65. The van der Waals surface area contributed by atoms with Gasteiger partial charge in [0.2, 0.25) is 17.6 Å². The highest BCUT2D eigenvalue weighted by Crippen LogP contribution is 2.37. The lowest BCUT2D eigenvalue weighted by molar-refractivity contribution is -0.148. The van der Waals surface area contributed by atoms with Gasteiger partial charge in [-0.05, 0) is 62.6 Å². The Morgan fingerprint density at radius 3 is 2.61 bits per heavy atom. The van der Waals surface area contributed by atoms with Crippen LogP contribution in [0.2, 0.25) is 0 Å². The molecule has 2 aromatic carbocycles. The van der Waals surface area contributed by atoms with Gasteiger partial charge in [0.15, 0.2) is 11.8 Å². The summed E-state index contributed by atoms with van der Waals surface area (Å²) in [6.07, 6.45) is 5.29. The molecule has 2 fully saturated rings. The summed E-state index contributed by atoms with van der Waals surface area (Å²) in [5.74, 6) is -0.445. The van der Waals surface area contributed by atoms with Gasteiger partial charge in [0.1, 0.15) is 6.04 Å². The Bertz CT molecular complexity index is 1550. The average molecular weight is 555 g/mol. The van der Waals surface area contributed by atoms with Crippen molar-refractivity contribution in [2.45, 2.75) is 68.6 Å². The molecule has 2 aliphatic heterocycles. The molecule has 4 atom stereocenters. The van der Waals surface area contributed by atoms with Crippen molar-refractivity contribution in [1.29, 1.82) is 0 Å². The number of aryl methyl sites for hydroxylation is 1. The summed E-state index contributed by atoms with van der Waals surface area (Å²) in [7, 11) is 0. The number of hydrogen-bond donors (Lipinski definition) is 5. The molecule has 0 spiro atoms. The summed E-state index contributed by atoms with van der Waals surface area (Å²) in [5.41, 5.74) is 14.5. The van der Waals surface area contributed by atoms with E-state index < -0.39 is 17.6 Å². The number of para-hydroxylation sites is 2. The molecular weight excluding hydrogens is 520 g/mol. The first kappa shape index (κ1) is 26.7. The first-order valence-electron chi connectivity index (χ1n) is 14.0. The van der Waals surface area contributed by atoms with E-state index in [4.69, 9.17) is 11.5 Å². The third-order valence-corrected chi connectivity index (χ3v) is 8.36. The minimum absolute atomic E-state index is 0.0387. The zero-order chi connectivity index (χ0) is 28.6. The molecular formula is C30H34N8O3. The summed E-state index contributed by atoms with van der Waals surface area (Å²) >= 11 is 0. The maximum absolute atomic E-state index is 13.8. The minimum atomic E-state index is -1.08. The number of aromatic nitrogens is 4. The highest BCUT2D eigenvalue weighted by Gasteiger charge is 2.51. The first-order chi connectivity index (χ1) is 19.8. The molecule has 0 aliphatic carbocycles. The number of aromatic amines is 2. The van der Waals surface area contributed by atoms with Crippen LogP contribution in [0.3, 0.4) is 0 Å². The molecule has 2 aromatic heterocycles. The standard InChI is InChI=1S/C30H34N8O3/c31-29-33-17-19(34-29)10-12-23(25(39)26-35-21-8-4-5-9-22(21)36-26)37-27(40)24-13-11-20-14-15-30(32,28(41)38(20)24)16-18-6-2-1-3-7-18/h1-9,17,20,23-24H,10-16,32H2,(H,35,36)(H,37,40)(H3,31,33,34)/t20?,23-,24-,30+/m0/s1. The first-order valence-corrected chi connectivity index (χ1v) is 14.0. The number of ketones is 1. The Hall–Kier alpha value is -4.51. The number of rotatable bonds is 9. The summed E-state index contributed by atoms with van der Waals surface area (Å²) in [5, 5.41) is 2.96. The van der Waals surface area contributed by atoms with Crippen molar-refractivity contribution in [3.8, 4) is 0 Å². The Balaban J connectivity index is 1.22. The molecule has 41 heavy (non-hydrogen) atoms. The molecule has 0 radical (unpaired) electrons. The van der Waals surface area contributed by atoms with E-state index >= 15 is 0 Å². The second-order valence-electron chi connectivity index (χ2n) is 11.2. The number of nitrogen functional groups attached to an aromatic ring is 1. The number of H-pyrrole nitrogens is 2. The fourth-order valence-electron chi connectivity index (χ4n) is 6.22. The second kappa shape index (κ2) is 10.8. The molecule has 0 saturated carbocycles. The van der Waals surface area contributed by atoms with Gasteiger partial charge < -0.3 is 31.7 Å². The van der Waals surface area contributed by atoms with Gasteiger partial charge in [0, 0.05) is 11.7 Å². The quantitative estimate of drug-likeness (QED) is 0.197. The highest BCUT2D eigenvalue weighted by atomic mass is 16.2. The number of carbonyl (C=O) groups is 3. The van der Waals surface area contributed by atoms with Gasteiger partial charge in [-0.2, -0.15) is 0 Å². The van der Waals surface area contributed by atoms with Crippen molar-refractivity contribution in [2.24, 2.45) is 5.73 Å². The van der Waals surface area contributed by atoms with Crippen molar-refractivity contribution in [3.63, 3.8) is 0 Å². The largest absolute Gasteiger partial charge is 0.369 e. The van der Waals surface area contributed by atoms with Gasteiger partial charge in [-0.15, -0.1) is 0 Å². The van der Waals surface area contributed by atoms with Gasteiger partial charge in [0.05, 0.1) is 28.8 Å². The molecule has 11 heteroatoms. The summed E-state index contributed by atoms with van der Waals surface area (Å²) in [6, 6.07) is 15.5. The van der Waals surface area contributed by atoms with Crippen molar-refractivity contribution < 1.29 is 14.4 Å². The van der Waals surface area contributed by atoms with Gasteiger partial charge in [0.25, 0.3) is 0 Å². The van der Waals surface area contributed by atoms with Crippen LogP contribution in [0.15, 0.2) is 60.8 Å². The van der Waals surface area contributed by atoms with Crippen LogP contribution in [0.5, 0.6) is 0 Å². The van der Waals surface area contributed by atoms with Crippen molar-refractivity contribution in [2.75, 3.05) is 5.73 Å². The molecule has 1 unspecified atom stereocenters. The van der Waals surface area contributed by atoms with Crippen LogP contribution in [0.25, 0.3) is 11.0 Å². The minimum Gasteiger partial charge on any atom is -0.369 e. The van der Waals surface area contributed by atoms with Crippen LogP contribution in [-0.4, -0.2) is 66.1 Å². The number of Topliss-reactive ketones (excluding diaryl/α,β-unsaturated/α-hetero) is 1. The van der Waals surface area contributed by atoms with E-state index in [9.17, 15) is 14.4 Å². The highest BCUT2D eigenvalue weighted by molar-refractivity contribution is 6.02. The summed E-state index contributed by atoms with van der Waals surface area (Å²) in [6.45, 7) is 0. The molecule has 0 bridgehead atoms. The molecule has 4 heterocycles. The van der Waals surface area contributed by atoms with E-state index in [0.717, 1.165) is 29.6 Å². The fraction of sp³-hybridized carbons (Fsp3) is 0.367. The molecule has 7 N–H and O–H groups in total. The van der Waals surface area contributed by atoms with Crippen molar-refractivity contribution >= 4 is 34.6 Å². The molecule has 2 amide bonds. The van der Waals surface area contributed by atoms with Gasteiger partial charge >= 0.3 is 0 Å². The Labute approximate surface area is 237 Å². The van der Waals surface area contributed by atoms with Crippen LogP contribution in [-0.2, 0) is 22.4 Å². The van der Waals surface area contributed by atoms with Crippen LogP contribution in [0, 0.1) is 0 Å². The third-order valence-electron chi connectivity index (χ3n) is 8.36. The lowest BCUT2D eigenvalue weighted by atomic mass is 9.81. The van der Waals surface area contributed by atoms with Crippen molar-refractivity contribution in [1.82, 2.24) is 30.2 Å². The number of piperidine rings is 1. The number of amides is 2. The number of nitrogens with zero attached hydrogens (tertiary/aromatic N) is 3. The molecule has 212 valence electrons. The number of carbonyl (C=O) groups excluding carboxylic acids is 3. The maximum Gasteiger partial charge on any atom is 0.243 e. The number of imidazole rings is 2. The smallest absolute Gasteiger partial charge is 0.243 e. The van der Waals surface area contributed by atoms with Crippen LogP contribution < -0.4 is 16.8 Å². The Morgan fingerprint density at radius 2 is 1.85 bits per heavy atom. The molecule has 6 rings (SSSR count). The predicted molar refractivity (Wildman–Crippen MR) is 154 cm³/mol. The van der Waals surface area contributed by atoms with Gasteiger partial charge in [-0.1, -0.05) is 42.5 Å².